The van der Waals surface area contributed by atoms with Gasteiger partial charge in [-0.25, -0.2) is 9.97 Å². The second kappa shape index (κ2) is 6.30. The Hall–Kier alpha value is -2.31. The lowest BCUT2D eigenvalue weighted by Crippen LogP contribution is -1.92. The highest BCUT2D eigenvalue weighted by atomic mass is 79.9. The lowest BCUT2D eigenvalue weighted by atomic mass is 10.0. The van der Waals surface area contributed by atoms with Gasteiger partial charge in [0.1, 0.15) is 12.1 Å². The first kappa shape index (κ1) is 15.2. The summed E-state index contributed by atoms with van der Waals surface area (Å²) in [6, 6.07) is 14.1. The Bertz CT molecular complexity index is 1020. The zero-order valence-electron chi connectivity index (χ0n) is 12.7. The van der Waals surface area contributed by atoms with E-state index in [2.05, 4.69) is 42.4 Å². The normalized spacial score (nSPS) is 10.9. The highest BCUT2D eigenvalue weighted by Crippen LogP contribution is 2.39. The standard InChI is InChI=1S/C18H12BrN3OS/c1-23-16-8-15-12(7-14(16)19)17(21-10-20-15)13-9-22-24-18(13)11-5-3-2-4-6-11/h2-10H,1H3. The van der Waals surface area contributed by atoms with Gasteiger partial charge in [-0.1, -0.05) is 30.3 Å². The molecule has 4 aromatic rings. The maximum absolute atomic E-state index is 5.36. The predicted octanol–water partition coefficient (Wildman–Crippen LogP) is 5.19. The van der Waals surface area contributed by atoms with E-state index in [0.29, 0.717) is 0 Å². The van der Waals surface area contributed by atoms with Gasteiger partial charge in [-0.15, -0.1) is 0 Å². The summed E-state index contributed by atoms with van der Waals surface area (Å²) in [4.78, 5) is 10.0. The van der Waals surface area contributed by atoms with E-state index >= 15 is 0 Å². The van der Waals surface area contributed by atoms with Crippen LogP contribution in [0.5, 0.6) is 5.75 Å². The number of halogens is 1. The molecule has 6 heteroatoms. The number of fused-ring (bicyclic) bond motifs is 1. The zero-order chi connectivity index (χ0) is 16.5. The second-order valence-corrected chi connectivity index (χ2v) is 6.82. The fraction of sp³-hybridized carbons (Fsp3) is 0.0556. The Morgan fingerprint density at radius 2 is 1.92 bits per heavy atom. The number of methoxy groups -OCH3 is 1. The molecule has 118 valence electrons. The Labute approximate surface area is 151 Å². The number of benzene rings is 2. The number of ether oxygens (including phenoxy) is 1. The van der Waals surface area contributed by atoms with Crippen LogP contribution < -0.4 is 4.74 Å². The van der Waals surface area contributed by atoms with Gasteiger partial charge in [-0.2, -0.15) is 4.37 Å². The molecule has 0 aliphatic carbocycles. The minimum absolute atomic E-state index is 0.749. The number of aromatic nitrogens is 3. The van der Waals surface area contributed by atoms with Gasteiger partial charge in [0, 0.05) is 17.0 Å². The van der Waals surface area contributed by atoms with Gasteiger partial charge in [-0.3, -0.25) is 0 Å². The number of hydrogen-bond acceptors (Lipinski definition) is 5. The Morgan fingerprint density at radius 1 is 1.08 bits per heavy atom. The fourth-order valence-corrected chi connectivity index (χ4v) is 3.89. The molecule has 0 aliphatic rings. The van der Waals surface area contributed by atoms with Crippen molar-refractivity contribution in [1.82, 2.24) is 14.3 Å². The van der Waals surface area contributed by atoms with Gasteiger partial charge in [0.15, 0.2) is 0 Å². The molecule has 2 aromatic carbocycles. The molecule has 0 spiro atoms. The van der Waals surface area contributed by atoms with Crippen molar-refractivity contribution in [3.05, 3.63) is 59.5 Å². The summed E-state index contributed by atoms with van der Waals surface area (Å²) < 4.78 is 10.6. The summed E-state index contributed by atoms with van der Waals surface area (Å²) in [5.74, 6) is 0.749. The first-order valence-electron chi connectivity index (χ1n) is 7.26. The molecule has 0 aliphatic heterocycles. The third kappa shape index (κ3) is 2.57. The van der Waals surface area contributed by atoms with Crippen LogP contribution in [0.25, 0.3) is 32.6 Å². The van der Waals surface area contributed by atoms with Gasteiger partial charge in [0.25, 0.3) is 0 Å². The lowest BCUT2D eigenvalue weighted by Gasteiger charge is -2.09. The van der Waals surface area contributed by atoms with Crippen molar-refractivity contribution in [1.29, 1.82) is 0 Å². The Kier molecular flexibility index (Phi) is 4.00. The van der Waals surface area contributed by atoms with Crippen molar-refractivity contribution in [2.45, 2.75) is 0 Å². The topological polar surface area (TPSA) is 47.9 Å². The predicted molar refractivity (Wildman–Crippen MR) is 100 cm³/mol. The highest BCUT2D eigenvalue weighted by Gasteiger charge is 2.16. The van der Waals surface area contributed by atoms with Crippen molar-refractivity contribution in [2.24, 2.45) is 0 Å². The molecule has 4 nitrogen and oxygen atoms in total. The van der Waals surface area contributed by atoms with Crippen molar-refractivity contribution in [3.63, 3.8) is 0 Å². The molecule has 0 bridgehead atoms. The minimum atomic E-state index is 0.749. The first-order valence-corrected chi connectivity index (χ1v) is 8.83. The van der Waals surface area contributed by atoms with E-state index in [0.717, 1.165) is 42.8 Å². The summed E-state index contributed by atoms with van der Waals surface area (Å²) in [7, 11) is 1.64. The first-order chi connectivity index (χ1) is 11.8. The minimum Gasteiger partial charge on any atom is -0.495 e. The van der Waals surface area contributed by atoms with Crippen LogP contribution in [-0.2, 0) is 0 Å². The molecule has 0 radical (unpaired) electrons. The Balaban J connectivity index is 1.96. The quantitative estimate of drug-likeness (QED) is 0.477. The van der Waals surface area contributed by atoms with Crippen LogP contribution in [0.1, 0.15) is 0 Å². The van der Waals surface area contributed by atoms with Crippen molar-refractivity contribution < 1.29 is 4.74 Å². The van der Waals surface area contributed by atoms with Crippen LogP contribution in [0.2, 0.25) is 0 Å². The number of nitrogens with zero attached hydrogens (tertiary/aromatic N) is 3. The van der Waals surface area contributed by atoms with Crippen molar-refractivity contribution >= 4 is 38.4 Å². The van der Waals surface area contributed by atoms with Crippen LogP contribution in [0.15, 0.2) is 59.5 Å². The van der Waals surface area contributed by atoms with E-state index in [1.54, 1.807) is 13.4 Å². The van der Waals surface area contributed by atoms with Crippen LogP contribution in [0.3, 0.4) is 0 Å². The molecule has 2 aromatic heterocycles. The average Bonchev–Trinajstić information content (AvgIpc) is 3.11. The van der Waals surface area contributed by atoms with Gasteiger partial charge >= 0.3 is 0 Å². The number of rotatable bonds is 3. The van der Waals surface area contributed by atoms with E-state index in [1.807, 2.05) is 36.5 Å². The molecular formula is C18H12BrN3OS. The molecule has 0 amide bonds. The zero-order valence-corrected chi connectivity index (χ0v) is 15.1. The largest absolute Gasteiger partial charge is 0.495 e. The number of hydrogen-bond donors (Lipinski definition) is 0. The van der Waals surface area contributed by atoms with Gasteiger partial charge < -0.3 is 4.74 Å². The molecule has 24 heavy (non-hydrogen) atoms. The van der Waals surface area contributed by atoms with E-state index in [1.165, 1.54) is 11.5 Å². The van der Waals surface area contributed by atoms with Crippen LogP contribution in [-0.4, -0.2) is 21.5 Å². The van der Waals surface area contributed by atoms with Gasteiger partial charge in [0.05, 0.1) is 33.9 Å². The molecule has 2 heterocycles. The van der Waals surface area contributed by atoms with Crippen molar-refractivity contribution in [2.75, 3.05) is 7.11 Å². The van der Waals surface area contributed by atoms with E-state index < -0.39 is 0 Å². The smallest absolute Gasteiger partial charge is 0.135 e. The molecule has 0 atom stereocenters. The maximum Gasteiger partial charge on any atom is 0.135 e. The molecule has 0 unspecified atom stereocenters. The molecule has 0 saturated heterocycles. The summed E-state index contributed by atoms with van der Waals surface area (Å²) in [5.41, 5.74) is 3.85. The average molecular weight is 398 g/mol. The van der Waals surface area contributed by atoms with Gasteiger partial charge in [0.2, 0.25) is 0 Å². The maximum atomic E-state index is 5.36. The van der Waals surface area contributed by atoms with Crippen molar-refractivity contribution in [3.8, 4) is 27.4 Å². The molecule has 0 saturated carbocycles. The molecule has 0 N–H and O–H groups in total. The van der Waals surface area contributed by atoms with E-state index in [-0.39, 0.29) is 0 Å². The van der Waals surface area contributed by atoms with Crippen LogP contribution in [0.4, 0.5) is 0 Å². The van der Waals surface area contributed by atoms with E-state index in [4.69, 9.17) is 4.74 Å². The lowest BCUT2D eigenvalue weighted by molar-refractivity contribution is 0.412. The molecular weight excluding hydrogens is 386 g/mol. The summed E-state index contributed by atoms with van der Waals surface area (Å²) in [6.07, 6.45) is 3.45. The highest BCUT2D eigenvalue weighted by molar-refractivity contribution is 9.10. The summed E-state index contributed by atoms with van der Waals surface area (Å²) >= 11 is 5.02. The third-order valence-corrected chi connectivity index (χ3v) is 5.24. The fourth-order valence-electron chi connectivity index (χ4n) is 2.63. The summed E-state index contributed by atoms with van der Waals surface area (Å²) in [5, 5.41) is 0.961. The van der Waals surface area contributed by atoms with E-state index in [9.17, 15) is 0 Å². The van der Waals surface area contributed by atoms with Gasteiger partial charge in [-0.05, 0) is 39.1 Å². The molecule has 4 rings (SSSR count). The van der Waals surface area contributed by atoms with Crippen LogP contribution in [0, 0.1) is 0 Å². The Morgan fingerprint density at radius 3 is 2.71 bits per heavy atom. The summed E-state index contributed by atoms with van der Waals surface area (Å²) in [6.45, 7) is 0. The molecule has 0 fully saturated rings. The monoisotopic (exact) mass is 397 g/mol. The third-order valence-electron chi connectivity index (χ3n) is 3.77. The SMILES string of the molecule is COc1cc2ncnc(-c3cnsc3-c3ccccc3)c2cc1Br. The van der Waals surface area contributed by atoms with Crippen LogP contribution >= 0.6 is 27.5 Å². The second-order valence-electron chi connectivity index (χ2n) is 5.16.